The van der Waals surface area contributed by atoms with Crippen LogP contribution in [0.4, 0.5) is 5.82 Å². The van der Waals surface area contributed by atoms with Crippen LogP contribution in [0.15, 0.2) is 48.8 Å². The van der Waals surface area contributed by atoms with Crippen molar-refractivity contribution in [2.75, 3.05) is 4.90 Å². The molecule has 164 valence electrons. The predicted molar refractivity (Wildman–Crippen MR) is 124 cm³/mol. The average molecular weight is 428 g/mol. The highest BCUT2D eigenvalue weighted by atomic mass is 16.5. The van der Waals surface area contributed by atoms with Gasteiger partial charge >= 0.3 is 0 Å². The summed E-state index contributed by atoms with van der Waals surface area (Å²) in [5, 5.41) is 8.20. The molecule has 3 fully saturated rings. The number of anilines is 1. The van der Waals surface area contributed by atoms with Gasteiger partial charge in [-0.1, -0.05) is 12.5 Å². The maximum atomic E-state index is 6.20. The number of nitrogens with zero attached hydrogens (tertiary/aromatic N) is 4. The molecule has 3 aromatic rings. The molecule has 3 aliphatic heterocycles. The molecule has 0 spiro atoms. The molecule has 6 nitrogen and oxygen atoms in total. The summed E-state index contributed by atoms with van der Waals surface area (Å²) in [7, 11) is 0. The van der Waals surface area contributed by atoms with Crippen molar-refractivity contribution >= 4 is 5.82 Å². The van der Waals surface area contributed by atoms with Crippen LogP contribution in [0.2, 0.25) is 0 Å². The van der Waals surface area contributed by atoms with Gasteiger partial charge in [-0.25, -0.2) is 4.68 Å². The van der Waals surface area contributed by atoms with E-state index in [-0.39, 0.29) is 0 Å². The van der Waals surface area contributed by atoms with Gasteiger partial charge < -0.3 is 15.0 Å². The van der Waals surface area contributed by atoms with E-state index in [1.165, 1.54) is 56.1 Å². The van der Waals surface area contributed by atoms with Gasteiger partial charge in [-0.15, -0.1) is 0 Å². The van der Waals surface area contributed by atoms with Crippen molar-refractivity contribution in [1.29, 1.82) is 0 Å². The Bertz CT molecular complexity index is 1130. The summed E-state index contributed by atoms with van der Waals surface area (Å²) >= 11 is 0. The van der Waals surface area contributed by atoms with E-state index in [9.17, 15) is 0 Å². The van der Waals surface area contributed by atoms with Crippen LogP contribution in [0.3, 0.4) is 0 Å². The molecule has 32 heavy (non-hydrogen) atoms. The summed E-state index contributed by atoms with van der Waals surface area (Å²) in [6.45, 7) is 0.550. The lowest BCUT2D eigenvalue weighted by Crippen LogP contribution is -2.55. The van der Waals surface area contributed by atoms with E-state index in [2.05, 4.69) is 45.6 Å². The molecule has 2 atom stereocenters. The van der Waals surface area contributed by atoms with Crippen molar-refractivity contribution < 1.29 is 4.74 Å². The third-order valence-electron chi connectivity index (χ3n) is 7.65. The van der Waals surface area contributed by atoms with Gasteiger partial charge in [0.25, 0.3) is 0 Å². The number of rotatable bonds is 4. The molecule has 2 saturated heterocycles. The molecule has 0 unspecified atom stereocenters. The quantitative estimate of drug-likeness (QED) is 0.666. The lowest BCUT2D eigenvalue weighted by molar-refractivity contribution is 0.215. The van der Waals surface area contributed by atoms with Crippen molar-refractivity contribution in [1.82, 2.24) is 20.1 Å². The van der Waals surface area contributed by atoms with Crippen LogP contribution in [0.1, 0.15) is 50.5 Å². The highest BCUT2D eigenvalue weighted by Gasteiger charge is 2.40. The van der Waals surface area contributed by atoms with E-state index >= 15 is 0 Å². The monoisotopic (exact) mass is 427 g/mol. The highest BCUT2D eigenvalue weighted by molar-refractivity contribution is 5.75. The maximum Gasteiger partial charge on any atom is 0.223 e. The zero-order chi connectivity index (χ0) is 21.1. The van der Waals surface area contributed by atoms with E-state index in [0.717, 1.165) is 22.9 Å². The summed E-state index contributed by atoms with van der Waals surface area (Å²) in [5.74, 6) is 1.88. The molecule has 2 bridgehead atoms. The largest absolute Gasteiger partial charge is 0.472 e. The highest BCUT2D eigenvalue weighted by Crippen LogP contribution is 2.42. The van der Waals surface area contributed by atoms with Crippen LogP contribution in [-0.2, 0) is 6.61 Å². The first kappa shape index (κ1) is 18.7. The fourth-order valence-electron chi connectivity index (χ4n) is 6.05. The Kier molecular flexibility index (Phi) is 4.29. The normalized spacial score (nSPS) is 26.1. The number of ether oxygens (including phenoxy) is 1. The van der Waals surface area contributed by atoms with Gasteiger partial charge in [0, 0.05) is 42.1 Å². The van der Waals surface area contributed by atoms with Crippen LogP contribution in [0.25, 0.3) is 16.8 Å². The molecule has 1 aliphatic carbocycles. The minimum atomic E-state index is 0.550. The summed E-state index contributed by atoms with van der Waals surface area (Å²) < 4.78 is 8.08. The SMILES string of the molecule is c1cnn(-c2ccc3c(c2)COc2nc(N(C4CC4)C4C[C@H]5CCC[C@H](C4)N5)ccc2-3)c1. The Hall–Kier alpha value is -2.86. The van der Waals surface area contributed by atoms with Crippen LogP contribution >= 0.6 is 0 Å². The van der Waals surface area contributed by atoms with Gasteiger partial charge in [0.05, 0.1) is 5.69 Å². The lowest BCUT2D eigenvalue weighted by atomic mass is 9.83. The van der Waals surface area contributed by atoms with Crippen molar-refractivity contribution in [3.8, 4) is 22.7 Å². The molecule has 6 heteroatoms. The van der Waals surface area contributed by atoms with Gasteiger partial charge in [0.2, 0.25) is 5.88 Å². The van der Waals surface area contributed by atoms with Crippen molar-refractivity contribution in [2.24, 2.45) is 0 Å². The van der Waals surface area contributed by atoms with E-state index in [1.54, 1.807) is 6.20 Å². The van der Waals surface area contributed by atoms with Gasteiger partial charge in [-0.2, -0.15) is 10.1 Å². The third kappa shape index (κ3) is 3.20. The first-order valence-electron chi connectivity index (χ1n) is 12.1. The Balaban J connectivity index is 1.21. The van der Waals surface area contributed by atoms with Crippen molar-refractivity contribution in [3.05, 3.63) is 54.4 Å². The second kappa shape index (κ2) is 7.34. The minimum absolute atomic E-state index is 0.550. The molecule has 1 N–H and O–H groups in total. The Morgan fingerprint density at radius 1 is 0.969 bits per heavy atom. The Labute approximate surface area is 188 Å². The molecule has 1 saturated carbocycles. The Morgan fingerprint density at radius 2 is 1.81 bits per heavy atom. The standard InChI is InChI=1S/C26H29N5O/c1-3-18-14-22(15-19(4-1)28-18)31(20-5-6-20)25-10-9-24-23-8-7-21(30-12-2-11-27-30)13-17(23)16-32-26(24)29-25/h2,7-13,18-20,22,28H,1,3-6,14-16H2/t18-,19-/m1/s1. The fraction of sp³-hybridized carbons (Fsp3) is 0.462. The molecular weight excluding hydrogens is 398 g/mol. The summed E-state index contributed by atoms with van der Waals surface area (Å²) in [4.78, 5) is 7.73. The van der Waals surface area contributed by atoms with E-state index in [0.29, 0.717) is 30.8 Å². The van der Waals surface area contributed by atoms with Gasteiger partial charge in [0.15, 0.2) is 0 Å². The topological polar surface area (TPSA) is 55.2 Å². The van der Waals surface area contributed by atoms with E-state index in [1.807, 2.05) is 16.9 Å². The first-order chi connectivity index (χ1) is 15.8. The number of nitrogens with one attached hydrogen (secondary N) is 1. The lowest BCUT2D eigenvalue weighted by Gasteiger charge is -2.45. The molecule has 0 radical (unpaired) electrons. The third-order valence-corrected chi connectivity index (χ3v) is 7.65. The van der Waals surface area contributed by atoms with Crippen LogP contribution < -0.4 is 15.0 Å². The number of hydrogen-bond donors (Lipinski definition) is 1. The summed E-state index contributed by atoms with van der Waals surface area (Å²) in [5.41, 5.74) is 4.56. The number of pyridine rings is 1. The molecule has 4 aliphatic rings. The number of benzene rings is 1. The van der Waals surface area contributed by atoms with Gasteiger partial charge in [0.1, 0.15) is 12.4 Å². The van der Waals surface area contributed by atoms with Crippen LogP contribution in [-0.4, -0.2) is 38.9 Å². The zero-order valence-electron chi connectivity index (χ0n) is 18.3. The van der Waals surface area contributed by atoms with Crippen LogP contribution in [0, 0.1) is 0 Å². The van der Waals surface area contributed by atoms with Gasteiger partial charge in [-0.05, 0) is 80.0 Å². The maximum absolute atomic E-state index is 6.20. The first-order valence-corrected chi connectivity index (χ1v) is 12.1. The summed E-state index contributed by atoms with van der Waals surface area (Å²) in [6.07, 6.45) is 12.9. The second-order valence-corrected chi connectivity index (χ2v) is 9.86. The average Bonchev–Trinajstić information content (AvgIpc) is 3.49. The molecule has 1 aromatic carbocycles. The summed E-state index contributed by atoms with van der Waals surface area (Å²) in [6, 6.07) is 15.5. The van der Waals surface area contributed by atoms with E-state index < -0.39 is 0 Å². The second-order valence-electron chi connectivity index (χ2n) is 9.86. The predicted octanol–water partition coefficient (Wildman–Crippen LogP) is 4.47. The van der Waals surface area contributed by atoms with Gasteiger partial charge in [-0.3, -0.25) is 0 Å². The minimum Gasteiger partial charge on any atom is -0.472 e. The van der Waals surface area contributed by atoms with Crippen LogP contribution in [0.5, 0.6) is 5.88 Å². The number of fused-ring (bicyclic) bond motifs is 5. The van der Waals surface area contributed by atoms with E-state index in [4.69, 9.17) is 9.72 Å². The Morgan fingerprint density at radius 3 is 2.59 bits per heavy atom. The van der Waals surface area contributed by atoms with Crippen molar-refractivity contribution in [3.63, 3.8) is 0 Å². The smallest absolute Gasteiger partial charge is 0.223 e. The zero-order valence-corrected chi connectivity index (χ0v) is 18.3. The molecule has 5 heterocycles. The fourth-order valence-corrected chi connectivity index (χ4v) is 6.05. The number of hydrogen-bond acceptors (Lipinski definition) is 5. The molecular formula is C26H29N5O. The molecule has 0 amide bonds. The van der Waals surface area contributed by atoms with Crippen molar-refractivity contribution in [2.45, 2.75) is 75.7 Å². The molecule has 7 rings (SSSR count). The molecule has 2 aromatic heterocycles. The number of aromatic nitrogens is 3. The number of piperidine rings is 2.